The molecule has 1 atom stereocenters. The molecule has 1 aromatic carbocycles. The minimum absolute atomic E-state index is 0.176. The molecule has 0 aliphatic carbocycles. The number of rotatable bonds is 6. The molecule has 0 radical (unpaired) electrons. The van der Waals surface area contributed by atoms with Crippen molar-refractivity contribution in [1.29, 1.82) is 0 Å². The SMILES string of the molecule is NCc1ccc(Cl)cc1CNC(=O)[C@@H]1CCCN1C(=O)c1cc(-c2ccccn2)c[nH]1.O=C(O)C(F)(F)F.O=C(O)C(F)(F)F. The fraction of sp³-hybridized carbons (Fsp3) is 0.296. The van der Waals surface area contributed by atoms with Crippen molar-refractivity contribution in [3.05, 3.63) is 76.7 Å². The van der Waals surface area contributed by atoms with Crippen LogP contribution in [0.2, 0.25) is 5.02 Å². The van der Waals surface area contributed by atoms with E-state index in [1.165, 1.54) is 0 Å². The van der Waals surface area contributed by atoms with E-state index in [4.69, 9.17) is 37.1 Å². The Kier molecular flexibility index (Phi) is 12.9. The first-order chi connectivity index (χ1) is 20.9. The highest BCUT2D eigenvalue weighted by atomic mass is 35.5. The molecule has 4 rings (SSSR count). The number of nitrogens with zero attached hydrogens (tertiary/aromatic N) is 2. The molecule has 1 aliphatic heterocycles. The number of hydrogen-bond donors (Lipinski definition) is 5. The van der Waals surface area contributed by atoms with E-state index in [9.17, 15) is 35.9 Å². The lowest BCUT2D eigenvalue weighted by atomic mass is 10.1. The van der Waals surface area contributed by atoms with Gasteiger partial charge in [0.15, 0.2) is 0 Å². The van der Waals surface area contributed by atoms with Crippen LogP contribution in [0.1, 0.15) is 34.5 Å². The number of alkyl halides is 6. The number of aromatic nitrogens is 2. The zero-order valence-electron chi connectivity index (χ0n) is 23.0. The Balaban J connectivity index is 0.000000421. The van der Waals surface area contributed by atoms with E-state index in [0.29, 0.717) is 36.8 Å². The molecule has 18 heteroatoms. The molecule has 1 saturated heterocycles. The molecule has 0 saturated carbocycles. The van der Waals surface area contributed by atoms with E-state index in [2.05, 4.69) is 15.3 Å². The van der Waals surface area contributed by atoms with Crippen molar-refractivity contribution < 1.29 is 55.7 Å². The lowest BCUT2D eigenvalue weighted by molar-refractivity contribution is -0.193. The van der Waals surface area contributed by atoms with Gasteiger partial charge < -0.3 is 31.1 Å². The van der Waals surface area contributed by atoms with E-state index < -0.39 is 30.3 Å². The molecule has 2 amide bonds. The predicted molar refractivity (Wildman–Crippen MR) is 147 cm³/mol. The van der Waals surface area contributed by atoms with Crippen molar-refractivity contribution in [1.82, 2.24) is 20.2 Å². The van der Waals surface area contributed by atoms with Crippen molar-refractivity contribution in [3.63, 3.8) is 0 Å². The zero-order valence-corrected chi connectivity index (χ0v) is 23.7. The Morgan fingerprint density at radius 2 is 1.62 bits per heavy atom. The summed E-state index contributed by atoms with van der Waals surface area (Å²) < 4.78 is 63.5. The van der Waals surface area contributed by atoms with Crippen LogP contribution in [0.5, 0.6) is 0 Å². The Bertz CT molecular complexity index is 1460. The van der Waals surface area contributed by atoms with Gasteiger partial charge in [-0.2, -0.15) is 26.3 Å². The number of carboxylic acid groups (broad SMARTS) is 2. The summed E-state index contributed by atoms with van der Waals surface area (Å²) >= 11 is 6.08. The van der Waals surface area contributed by atoms with Gasteiger partial charge in [-0.3, -0.25) is 14.6 Å². The topological polar surface area (TPSA) is 179 Å². The molecule has 0 bridgehead atoms. The Hall–Kier alpha value is -4.64. The van der Waals surface area contributed by atoms with Crippen LogP contribution in [0.4, 0.5) is 26.3 Å². The average molecular weight is 666 g/mol. The molecule has 45 heavy (non-hydrogen) atoms. The molecule has 0 unspecified atom stereocenters. The number of carboxylic acids is 2. The van der Waals surface area contributed by atoms with Crippen molar-refractivity contribution in [2.45, 2.75) is 44.3 Å². The van der Waals surface area contributed by atoms with Gasteiger partial charge in [0.25, 0.3) is 5.91 Å². The zero-order chi connectivity index (χ0) is 33.9. The van der Waals surface area contributed by atoms with E-state index >= 15 is 0 Å². The standard InChI is InChI=1S/C23H24ClN5O2.2C2HF3O2/c24-18-7-6-15(12-25)16(10-18)13-28-22(30)21-5-3-9-29(21)23(31)20-11-17(14-27-20)19-4-1-2-8-26-19;2*3-2(4,5)1(6)7/h1-2,4,6-8,10-11,14,21,27H,3,5,9,12-13,25H2,(H,28,30);2*(H,6,7)/t21-;;/m0../s1. The number of likely N-dealkylation sites (tertiary alicyclic amines) is 1. The van der Waals surface area contributed by atoms with E-state index in [0.717, 1.165) is 28.8 Å². The number of carbonyl (C=O) groups is 4. The monoisotopic (exact) mass is 665 g/mol. The summed E-state index contributed by atoms with van der Waals surface area (Å²) in [6.07, 6.45) is -5.29. The lowest BCUT2D eigenvalue weighted by Crippen LogP contribution is -2.45. The maximum atomic E-state index is 13.1. The molecule has 6 N–H and O–H groups in total. The molecule has 3 heterocycles. The number of aromatic amines is 1. The number of H-pyrrole nitrogens is 1. The Labute approximate surface area is 256 Å². The first kappa shape index (κ1) is 36.6. The number of amides is 2. The molecular weight excluding hydrogens is 640 g/mol. The smallest absolute Gasteiger partial charge is 0.475 e. The molecular formula is C27H26ClF6N5O6. The highest BCUT2D eigenvalue weighted by molar-refractivity contribution is 6.30. The van der Waals surface area contributed by atoms with Gasteiger partial charge >= 0.3 is 24.3 Å². The van der Waals surface area contributed by atoms with Crippen LogP contribution in [-0.4, -0.2) is 73.8 Å². The normalized spacial score (nSPS) is 14.4. The van der Waals surface area contributed by atoms with Crippen molar-refractivity contribution in [2.75, 3.05) is 6.54 Å². The number of aliphatic carboxylic acids is 2. The summed E-state index contributed by atoms with van der Waals surface area (Å²) in [6, 6.07) is 12.3. The van der Waals surface area contributed by atoms with Gasteiger partial charge in [-0.05, 0) is 54.3 Å². The lowest BCUT2D eigenvalue weighted by Gasteiger charge is -2.23. The predicted octanol–water partition coefficient (Wildman–Crippen LogP) is 4.38. The second-order valence-corrected chi connectivity index (χ2v) is 9.55. The second-order valence-electron chi connectivity index (χ2n) is 9.11. The summed E-state index contributed by atoms with van der Waals surface area (Å²) in [5, 5.41) is 17.8. The van der Waals surface area contributed by atoms with E-state index in [1.807, 2.05) is 24.3 Å². The highest BCUT2D eigenvalue weighted by Crippen LogP contribution is 2.24. The van der Waals surface area contributed by atoms with Gasteiger partial charge in [-0.1, -0.05) is 23.7 Å². The van der Waals surface area contributed by atoms with Crippen LogP contribution in [0.25, 0.3) is 11.3 Å². The van der Waals surface area contributed by atoms with Crippen molar-refractivity contribution in [2.24, 2.45) is 5.73 Å². The number of nitrogens with one attached hydrogen (secondary N) is 2. The summed E-state index contributed by atoms with van der Waals surface area (Å²) in [4.78, 5) is 52.7. The first-order valence-electron chi connectivity index (χ1n) is 12.7. The van der Waals surface area contributed by atoms with Crippen molar-refractivity contribution in [3.8, 4) is 11.3 Å². The van der Waals surface area contributed by atoms with Crippen LogP contribution >= 0.6 is 11.6 Å². The van der Waals surface area contributed by atoms with E-state index in [1.54, 1.807) is 35.5 Å². The number of pyridine rings is 1. The fourth-order valence-electron chi connectivity index (χ4n) is 3.89. The summed E-state index contributed by atoms with van der Waals surface area (Å²) in [5.41, 5.74) is 9.65. The summed E-state index contributed by atoms with van der Waals surface area (Å²) in [7, 11) is 0. The largest absolute Gasteiger partial charge is 0.490 e. The van der Waals surface area contributed by atoms with Gasteiger partial charge in [0.1, 0.15) is 11.7 Å². The van der Waals surface area contributed by atoms with Gasteiger partial charge in [-0.25, -0.2) is 9.59 Å². The van der Waals surface area contributed by atoms with Crippen LogP contribution in [0.3, 0.4) is 0 Å². The quantitative estimate of drug-likeness (QED) is 0.241. The number of halogens is 7. The maximum Gasteiger partial charge on any atom is 0.490 e. The number of hydrogen-bond acceptors (Lipinski definition) is 6. The molecule has 1 aliphatic rings. The highest BCUT2D eigenvalue weighted by Gasteiger charge is 2.39. The second kappa shape index (κ2) is 15.9. The number of nitrogens with two attached hydrogens (primary N) is 1. The van der Waals surface area contributed by atoms with Crippen molar-refractivity contribution >= 4 is 35.4 Å². The van der Waals surface area contributed by atoms with Crippen LogP contribution < -0.4 is 11.1 Å². The number of benzene rings is 1. The first-order valence-corrected chi connectivity index (χ1v) is 13.1. The average Bonchev–Trinajstić information content (AvgIpc) is 3.67. The molecule has 11 nitrogen and oxygen atoms in total. The third kappa shape index (κ3) is 11.1. The van der Waals surface area contributed by atoms with Crippen LogP contribution in [0, 0.1) is 0 Å². The number of carbonyl (C=O) groups excluding carboxylic acids is 2. The molecule has 244 valence electrons. The fourth-order valence-corrected chi connectivity index (χ4v) is 4.09. The third-order valence-corrected chi connectivity index (χ3v) is 6.25. The Morgan fingerprint density at radius 1 is 1.00 bits per heavy atom. The van der Waals surface area contributed by atoms with Crippen LogP contribution in [-0.2, 0) is 27.5 Å². The molecule has 2 aromatic heterocycles. The van der Waals surface area contributed by atoms with Gasteiger partial charge in [0.2, 0.25) is 5.91 Å². The van der Waals surface area contributed by atoms with Gasteiger partial charge in [0.05, 0.1) is 5.69 Å². The molecule has 0 spiro atoms. The van der Waals surface area contributed by atoms with Gasteiger partial charge in [-0.15, -0.1) is 0 Å². The minimum atomic E-state index is -5.08. The molecule has 3 aromatic rings. The third-order valence-electron chi connectivity index (χ3n) is 6.02. The maximum absolute atomic E-state index is 13.1. The molecule has 1 fully saturated rings. The Morgan fingerprint density at radius 3 is 2.16 bits per heavy atom. The summed E-state index contributed by atoms with van der Waals surface area (Å²) in [5.74, 6) is -5.88. The minimum Gasteiger partial charge on any atom is -0.475 e. The van der Waals surface area contributed by atoms with Crippen LogP contribution in [0.15, 0.2) is 54.9 Å². The van der Waals surface area contributed by atoms with Gasteiger partial charge in [0, 0.05) is 42.6 Å². The summed E-state index contributed by atoms with van der Waals surface area (Å²) in [6.45, 7) is 1.22. The van der Waals surface area contributed by atoms with E-state index in [-0.39, 0.29) is 11.8 Å².